The number of aromatic nitrogens is 1. The van der Waals surface area contributed by atoms with Gasteiger partial charge in [0.05, 0.1) is 5.56 Å². The van der Waals surface area contributed by atoms with Crippen LogP contribution in [0.4, 0.5) is 0 Å². The van der Waals surface area contributed by atoms with E-state index >= 15 is 0 Å². The first kappa shape index (κ1) is 20.3. The van der Waals surface area contributed by atoms with Gasteiger partial charge in [0.1, 0.15) is 5.15 Å². The van der Waals surface area contributed by atoms with Crippen molar-refractivity contribution in [2.75, 3.05) is 18.9 Å². The second-order valence-electron chi connectivity index (χ2n) is 5.83. The van der Waals surface area contributed by atoms with E-state index in [1.54, 1.807) is 31.7 Å². The van der Waals surface area contributed by atoms with Crippen LogP contribution in [0.2, 0.25) is 5.15 Å². The number of amides is 1. The number of benzene rings is 1. The first-order valence-electron chi connectivity index (χ1n) is 8.14. The van der Waals surface area contributed by atoms with E-state index in [-0.39, 0.29) is 23.2 Å². The molecule has 26 heavy (non-hydrogen) atoms. The van der Waals surface area contributed by atoms with Crippen LogP contribution in [0.25, 0.3) is 0 Å². The number of thioether (sulfide) groups is 1. The average molecular weight is 393 g/mol. The molecule has 0 saturated heterocycles. The second-order valence-corrected chi connectivity index (χ2v) is 7.36. The molecule has 0 atom stereocenters. The van der Waals surface area contributed by atoms with Crippen LogP contribution in [0.5, 0.6) is 0 Å². The third-order valence-corrected chi connectivity index (χ3v) is 4.84. The number of hydrogen-bond acceptors (Lipinski definition) is 5. The minimum absolute atomic E-state index is 0.0856. The van der Waals surface area contributed by atoms with E-state index in [0.717, 1.165) is 10.6 Å². The van der Waals surface area contributed by atoms with Gasteiger partial charge in [0.15, 0.2) is 6.61 Å². The number of hydrogen-bond donors (Lipinski definition) is 1. The molecule has 0 bridgehead atoms. The number of esters is 1. The molecule has 1 amide bonds. The van der Waals surface area contributed by atoms with Gasteiger partial charge in [-0.2, -0.15) is 0 Å². The molecule has 0 aliphatic rings. The highest BCUT2D eigenvalue weighted by molar-refractivity contribution is 7.99. The number of rotatable bonds is 7. The van der Waals surface area contributed by atoms with E-state index in [0.29, 0.717) is 17.8 Å². The van der Waals surface area contributed by atoms with Gasteiger partial charge in [-0.05, 0) is 44.5 Å². The largest absolute Gasteiger partial charge is 0.452 e. The molecule has 1 N–H and O–H groups in total. The van der Waals surface area contributed by atoms with Crippen molar-refractivity contribution in [3.05, 3.63) is 57.9 Å². The Labute approximate surface area is 162 Å². The number of carbonyl (C=O) groups is 2. The first-order chi connectivity index (χ1) is 12.4. The van der Waals surface area contributed by atoms with Crippen molar-refractivity contribution in [2.24, 2.45) is 0 Å². The summed E-state index contributed by atoms with van der Waals surface area (Å²) in [4.78, 5) is 29.1. The number of ether oxygens (including phenoxy) is 1. The number of nitrogens with zero attached hydrogens (tertiary/aromatic N) is 1. The number of halogens is 1. The molecule has 138 valence electrons. The van der Waals surface area contributed by atoms with E-state index in [2.05, 4.69) is 10.3 Å². The Morgan fingerprint density at radius 3 is 2.54 bits per heavy atom. The van der Waals surface area contributed by atoms with Gasteiger partial charge in [-0.1, -0.05) is 29.3 Å². The van der Waals surface area contributed by atoms with Crippen LogP contribution in [0, 0.1) is 20.8 Å². The number of aryl methyl sites for hydroxylation is 3. The summed E-state index contributed by atoms with van der Waals surface area (Å²) in [7, 11) is 0. The summed E-state index contributed by atoms with van der Waals surface area (Å²) in [6.45, 7) is 5.71. The standard InChI is InChI=1S/C19H21ClN2O3S/c1-12-4-6-15(7-5-12)26-9-8-21-16(23)11-25-19(24)17-13(2)10-14(3)22-18(17)20/h4-7,10H,8-9,11H2,1-3H3,(H,21,23). The SMILES string of the molecule is Cc1ccc(SCCNC(=O)COC(=O)c2c(C)cc(C)nc2Cl)cc1. The fourth-order valence-corrected chi connectivity index (χ4v) is 3.41. The van der Waals surface area contributed by atoms with Gasteiger partial charge < -0.3 is 10.1 Å². The molecule has 1 aromatic carbocycles. The predicted octanol–water partition coefficient (Wildman–Crippen LogP) is 3.73. The summed E-state index contributed by atoms with van der Waals surface area (Å²) in [6.07, 6.45) is 0. The molecule has 0 saturated carbocycles. The zero-order valence-electron chi connectivity index (χ0n) is 15.0. The topological polar surface area (TPSA) is 68.3 Å². The first-order valence-corrected chi connectivity index (χ1v) is 9.50. The Kier molecular flexibility index (Phi) is 7.48. The molecule has 0 radical (unpaired) electrons. The van der Waals surface area contributed by atoms with Crippen molar-refractivity contribution in [1.82, 2.24) is 10.3 Å². The third kappa shape index (κ3) is 6.04. The normalized spacial score (nSPS) is 10.5. The van der Waals surface area contributed by atoms with Gasteiger partial charge in [0.25, 0.3) is 5.91 Å². The summed E-state index contributed by atoms with van der Waals surface area (Å²) in [5.74, 6) is -0.267. The lowest BCUT2D eigenvalue weighted by Gasteiger charge is -2.09. The van der Waals surface area contributed by atoms with Gasteiger partial charge >= 0.3 is 5.97 Å². The van der Waals surface area contributed by atoms with E-state index < -0.39 is 5.97 Å². The lowest BCUT2D eigenvalue weighted by Crippen LogP contribution is -2.30. The lowest BCUT2D eigenvalue weighted by molar-refractivity contribution is -0.124. The maximum Gasteiger partial charge on any atom is 0.342 e. The maximum atomic E-state index is 12.1. The Morgan fingerprint density at radius 1 is 1.19 bits per heavy atom. The van der Waals surface area contributed by atoms with Crippen molar-refractivity contribution in [3.63, 3.8) is 0 Å². The molecule has 7 heteroatoms. The Morgan fingerprint density at radius 2 is 1.88 bits per heavy atom. The van der Waals surface area contributed by atoms with Crippen molar-refractivity contribution in [2.45, 2.75) is 25.7 Å². The van der Waals surface area contributed by atoms with Crippen LogP contribution in [0.1, 0.15) is 27.2 Å². The summed E-state index contributed by atoms with van der Waals surface area (Å²) in [6, 6.07) is 9.93. The van der Waals surface area contributed by atoms with Crippen molar-refractivity contribution >= 4 is 35.2 Å². The highest BCUT2D eigenvalue weighted by Crippen LogP contribution is 2.20. The molecule has 1 aromatic heterocycles. The third-order valence-electron chi connectivity index (χ3n) is 3.55. The minimum atomic E-state index is -0.649. The highest BCUT2D eigenvalue weighted by atomic mass is 35.5. The predicted molar refractivity (Wildman–Crippen MR) is 104 cm³/mol. The number of carbonyl (C=O) groups excluding carboxylic acids is 2. The van der Waals surface area contributed by atoms with Crippen LogP contribution in [-0.2, 0) is 9.53 Å². The lowest BCUT2D eigenvalue weighted by atomic mass is 10.1. The summed E-state index contributed by atoms with van der Waals surface area (Å²) >= 11 is 7.65. The number of pyridine rings is 1. The van der Waals surface area contributed by atoms with E-state index in [1.807, 2.05) is 31.2 Å². The van der Waals surface area contributed by atoms with Crippen molar-refractivity contribution < 1.29 is 14.3 Å². The molecule has 0 spiro atoms. The van der Waals surface area contributed by atoms with E-state index in [4.69, 9.17) is 16.3 Å². The highest BCUT2D eigenvalue weighted by Gasteiger charge is 2.18. The molecule has 2 aromatic rings. The maximum absolute atomic E-state index is 12.1. The van der Waals surface area contributed by atoms with Crippen molar-refractivity contribution in [1.29, 1.82) is 0 Å². The molecule has 0 aliphatic heterocycles. The quantitative estimate of drug-likeness (QED) is 0.336. The zero-order valence-corrected chi connectivity index (χ0v) is 16.5. The molecular formula is C19H21ClN2O3S. The molecule has 2 rings (SSSR count). The smallest absolute Gasteiger partial charge is 0.342 e. The molecule has 5 nitrogen and oxygen atoms in total. The van der Waals surface area contributed by atoms with Crippen LogP contribution >= 0.6 is 23.4 Å². The van der Waals surface area contributed by atoms with E-state index in [1.165, 1.54) is 5.56 Å². The summed E-state index contributed by atoms with van der Waals surface area (Å²) < 4.78 is 5.04. The van der Waals surface area contributed by atoms with Crippen LogP contribution < -0.4 is 5.32 Å². The molecular weight excluding hydrogens is 372 g/mol. The molecule has 0 unspecified atom stereocenters. The fourth-order valence-electron chi connectivity index (χ4n) is 2.28. The Balaban J connectivity index is 1.73. The number of nitrogens with one attached hydrogen (secondary N) is 1. The van der Waals surface area contributed by atoms with Crippen LogP contribution in [-0.4, -0.2) is 35.8 Å². The van der Waals surface area contributed by atoms with Gasteiger partial charge in [-0.15, -0.1) is 11.8 Å². The van der Waals surface area contributed by atoms with Crippen molar-refractivity contribution in [3.8, 4) is 0 Å². The molecule has 1 heterocycles. The van der Waals surface area contributed by atoms with Crippen LogP contribution in [0.3, 0.4) is 0 Å². The van der Waals surface area contributed by atoms with Gasteiger partial charge in [0, 0.05) is 22.9 Å². The zero-order chi connectivity index (χ0) is 19.1. The summed E-state index contributed by atoms with van der Waals surface area (Å²) in [5.41, 5.74) is 2.79. The monoisotopic (exact) mass is 392 g/mol. The molecule has 0 aliphatic carbocycles. The van der Waals surface area contributed by atoms with E-state index in [9.17, 15) is 9.59 Å². The Bertz CT molecular complexity index is 771. The second kappa shape index (κ2) is 9.59. The minimum Gasteiger partial charge on any atom is -0.452 e. The Hall–Kier alpha value is -2.05. The van der Waals surface area contributed by atoms with Crippen LogP contribution in [0.15, 0.2) is 35.2 Å². The van der Waals surface area contributed by atoms with Gasteiger partial charge in [-0.3, -0.25) is 4.79 Å². The van der Waals surface area contributed by atoms with Gasteiger partial charge in [-0.25, -0.2) is 9.78 Å². The summed E-state index contributed by atoms with van der Waals surface area (Å²) in [5, 5.41) is 2.81. The average Bonchev–Trinajstić information content (AvgIpc) is 2.57. The van der Waals surface area contributed by atoms with Gasteiger partial charge in [0.2, 0.25) is 0 Å². The molecule has 0 fully saturated rings. The fraction of sp³-hybridized carbons (Fsp3) is 0.316.